The lowest BCUT2D eigenvalue weighted by molar-refractivity contribution is -0.0380. The van der Waals surface area contributed by atoms with Crippen LogP contribution in [0.2, 0.25) is 5.02 Å². The second-order valence-electron chi connectivity index (χ2n) is 5.00. The van der Waals surface area contributed by atoms with Crippen LogP contribution < -0.4 is 0 Å². The highest BCUT2D eigenvalue weighted by Gasteiger charge is 2.26. The summed E-state index contributed by atoms with van der Waals surface area (Å²) in [5.41, 5.74) is 0.892. The minimum atomic E-state index is -0.328. The van der Waals surface area contributed by atoms with Crippen LogP contribution in [0.5, 0.6) is 0 Å². The number of aryl methyl sites for hydroxylation is 1. The zero-order valence-corrected chi connectivity index (χ0v) is 12.3. The molecule has 7 heteroatoms. The van der Waals surface area contributed by atoms with E-state index >= 15 is 0 Å². The quantitative estimate of drug-likeness (QED) is 0.872. The van der Waals surface area contributed by atoms with E-state index in [0.717, 1.165) is 12.1 Å². The Morgan fingerprint density at radius 2 is 2.33 bits per heavy atom. The van der Waals surface area contributed by atoms with Crippen molar-refractivity contribution in [1.82, 2.24) is 15.0 Å². The molecule has 2 heterocycles. The van der Waals surface area contributed by atoms with E-state index in [9.17, 15) is 4.39 Å². The summed E-state index contributed by atoms with van der Waals surface area (Å²) in [5.74, 6) is 0.751. The SMILES string of the molecule is Cc1nc(C2CN(Cc3ccc(F)cc3Cl)CCO2)no1. The van der Waals surface area contributed by atoms with Crippen molar-refractivity contribution in [2.24, 2.45) is 0 Å². The van der Waals surface area contributed by atoms with Crippen molar-refractivity contribution >= 4 is 11.6 Å². The van der Waals surface area contributed by atoms with Gasteiger partial charge in [-0.1, -0.05) is 22.8 Å². The van der Waals surface area contributed by atoms with Gasteiger partial charge in [-0.25, -0.2) is 4.39 Å². The van der Waals surface area contributed by atoms with Gasteiger partial charge < -0.3 is 9.26 Å². The van der Waals surface area contributed by atoms with Crippen molar-refractivity contribution in [3.8, 4) is 0 Å². The van der Waals surface area contributed by atoms with E-state index < -0.39 is 0 Å². The monoisotopic (exact) mass is 311 g/mol. The maximum Gasteiger partial charge on any atom is 0.223 e. The number of hydrogen-bond donors (Lipinski definition) is 0. The molecule has 1 unspecified atom stereocenters. The first-order valence-electron chi connectivity index (χ1n) is 6.70. The summed E-state index contributed by atoms with van der Waals surface area (Å²) in [7, 11) is 0. The molecule has 1 aromatic heterocycles. The van der Waals surface area contributed by atoms with E-state index in [1.54, 1.807) is 13.0 Å². The fraction of sp³-hybridized carbons (Fsp3) is 0.429. The molecular formula is C14H15ClFN3O2. The van der Waals surface area contributed by atoms with Gasteiger partial charge in [-0.3, -0.25) is 4.90 Å². The molecule has 21 heavy (non-hydrogen) atoms. The van der Waals surface area contributed by atoms with Crippen LogP contribution >= 0.6 is 11.6 Å². The Kier molecular flexibility index (Phi) is 4.19. The Morgan fingerprint density at radius 3 is 3.05 bits per heavy atom. The van der Waals surface area contributed by atoms with Crippen LogP contribution in [-0.4, -0.2) is 34.7 Å². The molecule has 0 radical (unpaired) electrons. The van der Waals surface area contributed by atoms with Crippen molar-refractivity contribution in [1.29, 1.82) is 0 Å². The molecule has 0 spiro atoms. The lowest BCUT2D eigenvalue weighted by atomic mass is 10.1. The van der Waals surface area contributed by atoms with Gasteiger partial charge in [0, 0.05) is 31.6 Å². The molecule has 5 nitrogen and oxygen atoms in total. The topological polar surface area (TPSA) is 51.4 Å². The molecular weight excluding hydrogens is 297 g/mol. The van der Waals surface area contributed by atoms with Crippen molar-refractivity contribution in [2.75, 3.05) is 19.7 Å². The first-order valence-corrected chi connectivity index (χ1v) is 7.08. The fourth-order valence-corrected chi connectivity index (χ4v) is 2.57. The number of nitrogens with zero attached hydrogens (tertiary/aromatic N) is 3. The van der Waals surface area contributed by atoms with Gasteiger partial charge in [0.2, 0.25) is 11.7 Å². The van der Waals surface area contributed by atoms with Crippen molar-refractivity contribution < 1.29 is 13.7 Å². The van der Waals surface area contributed by atoms with Crippen LogP contribution in [-0.2, 0) is 11.3 Å². The number of aromatic nitrogens is 2. The maximum atomic E-state index is 13.1. The predicted molar refractivity (Wildman–Crippen MR) is 74.4 cm³/mol. The molecule has 0 bridgehead atoms. The molecule has 0 N–H and O–H groups in total. The number of hydrogen-bond acceptors (Lipinski definition) is 5. The van der Waals surface area contributed by atoms with Crippen LogP contribution in [0.4, 0.5) is 4.39 Å². The third-order valence-corrected chi connectivity index (χ3v) is 3.74. The van der Waals surface area contributed by atoms with E-state index in [-0.39, 0.29) is 11.9 Å². The molecule has 0 aliphatic carbocycles. The zero-order chi connectivity index (χ0) is 14.8. The molecule has 1 atom stereocenters. The summed E-state index contributed by atoms with van der Waals surface area (Å²) in [4.78, 5) is 6.38. The Labute approximate surface area is 126 Å². The highest BCUT2D eigenvalue weighted by atomic mass is 35.5. The summed E-state index contributed by atoms with van der Waals surface area (Å²) >= 11 is 6.07. The molecule has 3 rings (SSSR count). The zero-order valence-electron chi connectivity index (χ0n) is 11.6. The Balaban J connectivity index is 1.68. The minimum Gasteiger partial charge on any atom is -0.367 e. The van der Waals surface area contributed by atoms with Crippen molar-refractivity contribution in [2.45, 2.75) is 19.6 Å². The van der Waals surface area contributed by atoms with Gasteiger partial charge in [0.25, 0.3) is 0 Å². The Hall–Kier alpha value is -1.50. The highest BCUT2D eigenvalue weighted by Crippen LogP contribution is 2.24. The van der Waals surface area contributed by atoms with Crippen LogP contribution in [0.3, 0.4) is 0 Å². The van der Waals surface area contributed by atoms with Gasteiger partial charge in [0.1, 0.15) is 11.9 Å². The number of ether oxygens (including phenoxy) is 1. The summed E-state index contributed by atoms with van der Waals surface area (Å²) in [6, 6.07) is 4.46. The smallest absolute Gasteiger partial charge is 0.223 e. The Bertz CT molecular complexity index is 634. The highest BCUT2D eigenvalue weighted by molar-refractivity contribution is 6.31. The lowest BCUT2D eigenvalue weighted by Crippen LogP contribution is -2.38. The third kappa shape index (κ3) is 3.40. The van der Waals surface area contributed by atoms with Gasteiger partial charge in [-0.15, -0.1) is 0 Å². The van der Waals surface area contributed by atoms with Crippen molar-refractivity contribution in [3.05, 3.63) is 46.3 Å². The lowest BCUT2D eigenvalue weighted by Gasteiger charge is -2.31. The van der Waals surface area contributed by atoms with E-state index in [2.05, 4.69) is 15.0 Å². The van der Waals surface area contributed by atoms with E-state index in [0.29, 0.717) is 36.4 Å². The average Bonchev–Trinajstić information content (AvgIpc) is 2.89. The van der Waals surface area contributed by atoms with Gasteiger partial charge >= 0.3 is 0 Å². The standard InChI is InChI=1S/C14H15ClFN3O2/c1-9-17-14(18-21-9)13-8-19(4-5-20-13)7-10-2-3-11(16)6-12(10)15/h2-3,6,13H,4-5,7-8H2,1H3. The summed E-state index contributed by atoms with van der Waals surface area (Å²) in [6.45, 7) is 4.38. The molecule has 1 aromatic carbocycles. The van der Waals surface area contributed by atoms with E-state index in [1.165, 1.54) is 12.1 Å². The number of benzene rings is 1. The molecule has 1 saturated heterocycles. The molecule has 0 saturated carbocycles. The van der Waals surface area contributed by atoms with Crippen LogP contribution in [0.1, 0.15) is 23.4 Å². The normalized spacial score (nSPS) is 19.9. The first-order chi connectivity index (χ1) is 10.1. The van der Waals surface area contributed by atoms with E-state index in [1.807, 2.05) is 0 Å². The molecule has 2 aromatic rings. The van der Waals surface area contributed by atoms with Gasteiger partial charge in [-0.05, 0) is 17.7 Å². The van der Waals surface area contributed by atoms with Crippen LogP contribution in [0, 0.1) is 12.7 Å². The summed E-state index contributed by atoms with van der Waals surface area (Å²) < 4.78 is 23.7. The molecule has 1 aliphatic rings. The fourth-order valence-electron chi connectivity index (χ4n) is 2.34. The minimum absolute atomic E-state index is 0.213. The third-order valence-electron chi connectivity index (χ3n) is 3.39. The second kappa shape index (κ2) is 6.09. The van der Waals surface area contributed by atoms with E-state index in [4.69, 9.17) is 20.9 Å². The van der Waals surface area contributed by atoms with Gasteiger partial charge in [0.15, 0.2) is 0 Å². The summed E-state index contributed by atoms with van der Waals surface area (Å²) in [6.07, 6.45) is -0.213. The Morgan fingerprint density at radius 1 is 1.48 bits per heavy atom. The maximum absolute atomic E-state index is 13.1. The first kappa shape index (κ1) is 14.4. The largest absolute Gasteiger partial charge is 0.367 e. The van der Waals surface area contributed by atoms with Crippen LogP contribution in [0.25, 0.3) is 0 Å². The number of halogens is 2. The molecule has 1 aliphatic heterocycles. The number of rotatable bonds is 3. The van der Waals surface area contributed by atoms with Gasteiger partial charge in [-0.2, -0.15) is 4.98 Å². The second-order valence-corrected chi connectivity index (χ2v) is 5.41. The molecule has 112 valence electrons. The van der Waals surface area contributed by atoms with Crippen LogP contribution in [0.15, 0.2) is 22.7 Å². The van der Waals surface area contributed by atoms with Gasteiger partial charge in [0.05, 0.1) is 6.61 Å². The predicted octanol–water partition coefficient (Wildman–Crippen LogP) is 2.74. The molecule has 1 fully saturated rings. The van der Waals surface area contributed by atoms with Crippen molar-refractivity contribution in [3.63, 3.8) is 0 Å². The summed E-state index contributed by atoms with van der Waals surface area (Å²) in [5, 5.41) is 4.34. The number of morpholine rings is 1. The average molecular weight is 312 g/mol. The molecule has 0 amide bonds.